The smallest absolute Gasteiger partial charge is 0.244 e. The highest BCUT2D eigenvalue weighted by Gasteiger charge is 2.51. The Morgan fingerprint density at radius 3 is 2.00 bits per heavy atom. The van der Waals surface area contributed by atoms with Crippen LogP contribution in [0.25, 0.3) is 0 Å². The van der Waals surface area contributed by atoms with E-state index in [0.717, 1.165) is 33.9 Å². The molecule has 4 aliphatic carbocycles. The largest absolute Gasteiger partial charge is 0.355 e. The first-order valence-electron chi connectivity index (χ1n) is 16.5. The standard InChI is InChI=1S/C37H44FN3O4S/c1-3-39-36(43)34(20-26-7-5-4-6-8-26)40(24-27-9-13-32(38)14-10-27)35(42)25-41(46(2,44)45)33-15-11-31(12-16-33)37-21-28-17-29(22-37)19-30(18-28)23-37/h4-16,28-30,34H,3,17-25H2,1-2H3,(H,39,43)/t28?,29?,30?,34-,37?/m0/s1. The Bertz CT molecular complexity index is 1610. The molecule has 3 aromatic rings. The molecule has 0 spiro atoms. The molecular weight excluding hydrogens is 601 g/mol. The molecule has 4 saturated carbocycles. The van der Waals surface area contributed by atoms with Gasteiger partial charge < -0.3 is 10.2 Å². The highest BCUT2D eigenvalue weighted by molar-refractivity contribution is 7.92. The fourth-order valence-electron chi connectivity index (χ4n) is 8.69. The number of sulfonamides is 1. The van der Waals surface area contributed by atoms with E-state index in [9.17, 15) is 22.4 Å². The van der Waals surface area contributed by atoms with E-state index in [2.05, 4.69) is 17.4 Å². The molecule has 4 fully saturated rings. The Morgan fingerprint density at radius 2 is 1.46 bits per heavy atom. The number of halogens is 1. The van der Waals surface area contributed by atoms with E-state index in [0.29, 0.717) is 17.8 Å². The van der Waals surface area contributed by atoms with Crippen LogP contribution in [0.4, 0.5) is 10.1 Å². The molecule has 3 aromatic carbocycles. The van der Waals surface area contributed by atoms with E-state index in [1.54, 1.807) is 12.1 Å². The van der Waals surface area contributed by atoms with E-state index >= 15 is 0 Å². The first-order valence-corrected chi connectivity index (χ1v) is 18.3. The van der Waals surface area contributed by atoms with Crippen LogP contribution in [0.1, 0.15) is 62.1 Å². The zero-order valence-corrected chi connectivity index (χ0v) is 27.5. The van der Waals surface area contributed by atoms with Crippen molar-refractivity contribution in [2.45, 2.75) is 69.9 Å². The number of carbonyl (C=O) groups is 2. The number of likely N-dealkylation sites (N-methyl/N-ethyl adjacent to an activating group) is 1. The molecule has 0 unspecified atom stereocenters. The topological polar surface area (TPSA) is 86.8 Å². The lowest BCUT2D eigenvalue weighted by atomic mass is 9.48. The molecule has 7 rings (SSSR count). The number of rotatable bonds is 12. The third-order valence-corrected chi connectivity index (χ3v) is 11.5. The van der Waals surface area contributed by atoms with Gasteiger partial charge >= 0.3 is 0 Å². The van der Waals surface area contributed by atoms with E-state index in [4.69, 9.17) is 0 Å². The molecule has 0 heterocycles. The summed E-state index contributed by atoms with van der Waals surface area (Å²) in [5.41, 5.74) is 3.34. The van der Waals surface area contributed by atoms with Gasteiger partial charge in [-0.3, -0.25) is 13.9 Å². The van der Waals surface area contributed by atoms with Crippen molar-refractivity contribution >= 4 is 27.5 Å². The third kappa shape index (κ3) is 6.99. The van der Waals surface area contributed by atoms with Crippen LogP contribution in [0.3, 0.4) is 0 Å². The fourth-order valence-corrected chi connectivity index (χ4v) is 9.54. The summed E-state index contributed by atoms with van der Waals surface area (Å²) in [6.07, 6.45) is 8.97. The van der Waals surface area contributed by atoms with E-state index in [-0.39, 0.29) is 24.3 Å². The van der Waals surface area contributed by atoms with Crippen LogP contribution in [-0.2, 0) is 38.0 Å². The Morgan fingerprint density at radius 1 is 0.870 bits per heavy atom. The molecular formula is C37H44FN3O4S. The molecule has 1 atom stereocenters. The average Bonchev–Trinajstić information content (AvgIpc) is 3.02. The lowest BCUT2D eigenvalue weighted by molar-refractivity contribution is -0.140. The monoisotopic (exact) mass is 645 g/mol. The van der Waals surface area contributed by atoms with Gasteiger partial charge in [0.1, 0.15) is 18.4 Å². The molecule has 244 valence electrons. The van der Waals surface area contributed by atoms with Gasteiger partial charge in [-0.05, 0) is 110 Å². The number of carbonyl (C=O) groups excluding carboxylic acids is 2. The summed E-state index contributed by atoms with van der Waals surface area (Å²) < 4.78 is 41.3. The summed E-state index contributed by atoms with van der Waals surface area (Å²) in [4.78, 5) is 29.2. The van der Waals surface area contributed by atoms with Crippen LogP contribution < -0.4 is 9.62 Å². The number of benzene rings is 3. The van der Waals surface area contributed by atoms with Crippen molar-refractivity contribution in [2.24, 2.45) is 17.8 Å². The maximum Gasteiger partial charge on any atom is 0.244 e. The summed E-state index contributed by atoms with van der Waals surface area (Å²) in [6.45, 7) is 1.72. The van der Waals surface area contributed by atoms with Crippen LogP contribution in [0.2, 0.25) is 0 Å². The van der Waals surface area contributed by atoms with Gasteiger partial charge in [-0.25, -0.2) is 12.8 Å². The number of hydrogen-bond donors (Lipinski definition) is 1. The molecule has 1 N–H and O–H groups in total. The second-order valence-electron chi connectivity index (χ2n) is 13.8. The zero-order chi connectivity index (χ0) is 32.5. The van der Waals surface area contributed by atoms with Gasteiger partial charge in [-0.15, -0.1) is 0 Å². The van der Waals surface area contributed by atoms with E-state index < -0.39 is 34.3 Å². The zero-order valence-electron chi connectivity index (χ0n) is 26.7. The van der Waals surface area contributed by atoms with Crippen LogP contribution in [0.5, 0.6) is 0 Å². The minimum Gasteiger partial charge on any atom is -0.355 e. The van der Waals surface area contributed by atoms with Crippen molar-refractivity contribution < 1.29 is 22.4 Å². The summed E-state index contributed by atoms with van der Waals surface area (Å²) in [5, 5.41) is 2.85. The van der Waals surface area contributed by atoms with Gasteiger partial charge in [0, 0.05) is 19.5 Å². The lowest BCUT2D eigenvalue weighted by Gasteiger charge is -2.57. The number of anilines is 1. The van der Waals surface area contributed by atoms with Gasteiger partial charge in [0.05, 0.1) is 11.9 Å². The molecule has 0 aliphatic heterocycles. The minimum absolute atomic E-state index is 0.0102. The molecule has 4 bridgehead atoms. The SMILES string of the molecule is CCNC(=O)[C@H](Cc1ccccc1)N(Cc1ccc(F)cc1)C(=O)CN(c1ccc(C23CC4CC(CC(C4)C2)C3)cc1)S(C)(=O)=O. The average molecular weight is 646 g/mol. The van der Waals surface area contributed by atoms with E-state index in [1.807, 2.05) is 49.4 Å². The van der Waals surface area contributed by atoms with E-state index in [1.165, 1.54) is 61.1 Å². The quantitative estimate of drug-likeness (QED) is 0.268. The van der Waals surface area contributed by atoms with Gasteiger partial charge in [0.25, 0.3) is 0 Å². The van der Waals surface area contributed by atoms with Gasteiger partial charge in [0.2, 0.25) is 21.8 Å². The highest BCUT2D eigenvalue weighted by Crippen LogP contribution is 2.60. The lowest BCUT2D eigenvalue weighted by Crippen LogP contribution is -2.53. The van der Waals surface area contributed by atoms with Crippen molar-refractivity contribution in [1.82, 2.24) is 10.2 Å². The van der Waals surface area contributed by atoms with Crippen molar-refractivity contribution in [3.63, 3.8) is 0 Å². The maximum atomic E-state index is 14.2. The van der Waals surface area contributed by atoms with Crippen molar-refractivity contribution in [3.8, 4) is 0 Å². The molecule has 0 saturated heterocycles. The molecule has 0 aromatic heterocycles. The summed E-state index contributed by atoms with van der Waals surface area (Å²) in [7, 11) is -3.86. The maximum absolute atomic E-state index is 14.2. The van der Waals surface area contributed by atoms with Crippen LogP contribution >= 0.6 is 0 Å². The molecule has 7 nitrogen and oxygen atoms in total. The summed E-state index contributed by atoms with van der Waals surface area (Å²) in [5.74, 6) is 1.09. The van der Waals surface area contributed by atoms with Gasteiger partial charge in [0.15, 0.2) is 0 Å². The summed E-state index contributed by atoms with van der Waals surface area (Å²) in [6, 6.07) is 22.0. The predicted octanol–water partition coefficient (Wildman–Crippen LogP) is 5.84. The first kappa shape index (κ1) is 32.2. The molecule has 2 amide bonds. The third-order valence-electron chi connectivity index (χ3n) is 10.4. The molecule has 0 radical (unpaired) electrons. The number of amides is 2. The Balaban J connectivity index is 1.29. The van der Waals surface area contributed by atoms with Crippen molar-refractivity contribution in [2.75, 3.05) is 23.7 Å². The van der Waals surface area contributed by atoms with Gasteiger partial charge in [-0.1, -0.05) is 54.6 Å². The Labute approximate surface area is 272 Å². The number of nitrogens with one attached hydrogen (secondary N) is 1. The van der Waals surface area contributed by atoms with Crippen molar-refractivity contribution in [1.29, 1.82) is 0 Å². The van der Waals surface area contributed by atoms with Crippen molar-refractivity contribution in [3.05, 3.63) is 101 Å². The second kappa shape index (κ2) is 13.2. The second-order valence-corrected chi connectivity index (χ2v) is 15.7. The molecule has 9 heteroatoms. The predicted molar refractivity (Wildman–Crippen MR) is 178 cm³/mol. The molecule has 4 aliphatic rings. The highest BCUT2D eigenvalue weighted by atomic mass is 32.2. The Kier molecular flexibility index (Phi) is 9.24. The first-order chi connectivity index (χ1) is 22.0. The fraction of sp³-hybridized carbons (Fsp3) is 0.459. The van der Waals surface area contributed by atoms with Gasteiger partial charge in [-0.2, -0.15) is 0 Å². The minimum atomic E-state index is -3.86. The van der Waals surface area contributed by atoms with Crippen LogP contribution in [0.15, 0.2) is 78.9 Å². The molecule has 46 heavy (non-hydrogen) atoms. The normalized spacial score (nSPS) is 23.9. The number of hydrogen-bond acceptors (Lipinski definition) is 4. The Hall–Kier alpha value is -3.72. The van der Waals surface area contributed by atoms with Crippen LogP contribution in [-0.4, -0.2) is 50.5 Å². The number of nitrogens with zero attached hydrogens (tertiary/aromatic N) is 2. The van der Waals surface area contributed by atoms with Crippen LogP contribution in [0, 0.1) is 23.6 Å². The summed E-state index contributed by atoms with van der Waals surface area (Å²) >= 11 is 0.